The number of ether oxygens (including phenoxy) is 1. The van der Waals surface area contributed by atoms with Crippen LogP contribution < -0.4 is 10.3 Å². The number of hydrogen-bond donors (Lipinski definition) is 1. The Kier molecular flexibility index (Phi) is 5.17. The first-order valence-corrected chi connectivity index (χ1v) is 7.05. The van der Waals surface area contributed by atoms with E-state index < -0.39 is 5.56 Å². The molecule has 0 spiro atoms. The molecule has 21 heavy (non-hydrogen) atoms. The Morgan fingerprint density at radius 1 is 1.33 bits per heavy atom. The van der Waals surface area contributed by atoms with Crippen LogP contribution in [0.3, 0.4) is 0 Å². The lowest BCUT2D eigenvalue weighted by molar-refractivity contribution is 0.0973. The summed E-state index contributed by atoms with van der Waals surface area (Å²) in [7, 11) is 0. The molecule has 0 aliphatic heterocycles. The van der Waals surface area contributed by atoms with E-state index in [1.807, 2.05) is 31.2 Å². The van der Waals surface area contributed by atoms with Gasteiger partial charge in [-0.15, -0.1) is 0 Å². The Labute approximate surface area is 127 Å². The minimum atomic E-state index is -0.392. The zero-order valence-corrected chi connectivity index (χ0v) is 12.4. The summed E-state index contributed by atoms with van der Waals surface area (Å²) in [5.74, 6) is 0.763. The van der Waals surface area contributed by atoms with Crippen molar-refractivity contribution in [2.45, 2.75) is 19.8 Å². The van der Waals surface area contributed by atoms with Gasteiger partial charge >= 0.3 is 0 Å². The van der Waals surface area contributed by atoms with Gasteiger partial charge in [0.05, 0.1) is 6.61 Å². The van der Waals surface area contributed by atoms with Crippen LogP contribution in [-0.2, 0) is 0 Å². The third-order valence-electron chi connectivity index (χ3n) is 3.08. The number of carbonyl (C=O) groups excluding carboxylic acids is 1. The van der Waals surface area contributed by atoms with Crippen LogP contribution in [-0.4, -0.2) is 17.4 Å². The highest BCUT2D eigenvalue weighted by atomic mass is 35.5. The van der Waals surface area contributed by atoms with Crippen LogP contribution in [0.25, 0.3) is 0 Å². The lowest BCUT2D eigenvalue weighted by atomic mass is 10.1. The normalized spacial score (nSPS) is 10.4. The third kappa shape index (κ3) is 4.20. The molecule has 0 unspecified atom stereocenters. The maximum Gasteiger partial charge on any atom is 0.266 e. The quantitative estimate of drug-likeness (QED) is 0.657. The van der Waals surface area contributed by atoms with Crippen LogP contribution in [0, 0.1) is 6.92 Å². The van der Waals surface area contributed by atoms with Crippen molar-refractivity contribution in [1.29, 1.82) is 0 Å². The molecule has 0 radical (unpaired) electrons. The summed E-state index contributed by atoms with van der Waals surface area (Å²) in [6.07, 6.45) is 2.33. The third-order valence-corrected chi connectivity index (χ3v) is 3.36. The number of pyridine rings is 1. The monoisotopic (exact) mass is 305 g/mol. The molecule has 0 atom stereocenters. The van der Waals surface area contributed by atoms with Crippen LogP contribution >= 0.6 is 11.6 Å². The average Bonchev–Trinajstić information content (AvgIpc) is 2.48. The number of Topliss-reactive ketones (excluding diaryl/α,β-unsaturated/α-hetero) is 1. The Balaban J connectivity index is 1.83. The maximum atomic E-state index is 12.0. The second-order valence-corrected chi connectivity index (χ2v) is 5.11. The molecule has 0 bridgehead atoms. The topological polar surface area (TPSA) is 59.2 Å². The van der Waals surface area contributed by atoms with Gasteiger partial charge in [0, 0.05) is 18.2 Å². The van der Waals surface area contributed by atoms with Gasteiger partial charge in [-0.05, 0) is 31.0 Å². The highest BCUT2D eigenvalue weighted by Crippen LogP contribution is 2.16. The van der Waals surface area contributed by atoms with Gasteiger partial charge in [-0.25, -0.2) is 0 Å². The summed E-state index contributed by atoms with van der Waals surface area (Å²) in [4.78, 5) is 25.5. The molecule has 4 nitrogen and oxygen atoms in total. The number of benzene rings is 1. The van der Waals surface area contributed by atoms with E-state index in [2.05, 4.69) is 4.98 Å². The molecule has 0 saturated heterocycles. The van der Waals surface area contributed by atoms with Gasteiger partial charge in [-0.1, -0.05) is 29.8 Å². The molecule has 0 amide bonds. The van der Waals surface area contributed by atoms with E-state index >= 15 is 0 Å². The van der Waals surface area contributed by atoms with Crippen molar-refractivity contribution in [2.24, 2.45) is 0 Å². The summed E-state index contributed by atoms with van der Waals surface area (Å²) in [6.45, 7) is 2.44. The van der Waals surface area contributed by atoms with Crippen LogP contribution in [0.15, 0.2) is 41.3 Å². The second kappa shape index (κ2) is 7.09. The van der Waals surface area contributed by atoms with Gasteiger partial charge in [0.15, 0.2) is 5.78 Å². The number of halogens is 1. The summed E-state index contributed by atoms with van der Waals surface area (Å²) in [6, 6.07) is 9.13. The molecule has 110 valence electrons. The zero-order valence-electron chi connectivity index (χ0n) is 11.7. The van der Waals surface area contributed by atoms with Crippen molar-refractivity contribution < 1.29 is 9.53 Å². The number of aromatic nitrogens is 1. The maximum absolute atomic E-state index is 12.0. The Morgan fingerprint density at radius 3 is 2.81 bits per heavy atom. The summed E-state index contributed by atoms with van der Waals surface area (Å²) >= 11 is 5.70. The molecular formula is C16H16ClNO3. The molecule has 1 heterocycles. The number of rotatable bonds is 6. The number of aryl methyl sites for hydroxylation is 1. The molecule has 2 rings (SSSR count). The standard InChI is InChI=1S/C16H16ClNO3/c1-11-5-2-3-7-15(11)21-8-4-6-14(19)12-9-13(17)16(20)18-10-12/h2-3,5,7,9-10H,4,6,8H2,1H3,(H,18,20). The van der Waals surface area contributed by atoms with Gasteiger partial charge in [0.2, 0.25) is 0 Å². The first-order chi connectivity index (χ1) is 10.1. The van der Waals surface area contributed by atoms with Gasteiger partial charge in [0.1, 0.15) is 10.8 Å². The number of ketones is 1. The molecule has 0 fully saturated rings. The van der Waals surface area contributed by atoms with Gasteiger partial charge in [-0.2, -0.15) is 0 Å². The lowest BCUT2D eigenvalue weighted by Crippen LogP contribution is -2.10. The van der Waals surface area contributed by atoms with Crippen LogP contribution in [0.1, 0.15) is 28.8 Å². The van der Waals surface area contributed by atoms with Gasteiger partial charge in [0.25, 0.3) is 5.56 Å². The van der Waals surface area contributed by atoms with Gasteiger partial charge < -0.3 is 9.72 Å². The number of nitrogens with one attached hydrogen (secondary N) is 1. The van der Waals surface area contributed by atoms with E-state index in [1.165, 1.54) is 12.3 Å². The van der Waals surface area contributed by atoms with Crippen LogP contribution in [0.5, 0.6) is 5.75 Å². The van der Waals surface area contributed by atoms with Crippen molar-refractivity contribution in [2.75, 3.05) is 6.61 Å². The molecule has 0 aliphatic carbocycles. The summed E-state index contributed by atoms with van der Waals surface area (Å²) in [5, 5.41) is 0.0250. The number of H-pyrrole nitrogens is 1. The number of aromatic amines is 1. The Morgan fingerprint density at radius 2 is 2.10 bits per heavy atom. The van der Waals surface area contributed by atoms with Crippen molar-refractivity contribution >= 4 is 17.4 Å². The molecule has 1 aromatic heterocycles. The van der Waals surface area contributed by atoms with Crippen molar-refractivity contribution in [3.63, 3.8) is 0 Å². The minimum absolute atomic E-state index is 0.0250. The lowest BCUT2D eigenvalue weighted by Gasteiger charge is -2.08. The molecule has 0 saturated carbocycles. The molecule has 0 aliphatic rings. The van der Waals surface area contributed by atoms with Crippen molar-refractivity contribution in [3.8, 4) is 5.75 Å². The Hall–Kier alpha value is -2.07. The number of hydrogen-bond acceptors (Lipinski definition) is 3. The molecular weight excluding hydrogens is 290 g/mol. The number of carbonyl (C=O) groups is 1. The first kappa shape index (κ1) is 15.3. The number of para-hydroxylation sites is 1. The van der Waals surface area contributed by atoms with Crippen LogP contribution in [0.2, 0.25) is 5.02 Å². The molecule has 5 heteroatoms. The molecule has 1 N–H and O–H groups in total. The van der Waals surface area contributed by atoms with E-state index in [0.717, 1.165) is 11.3 Å². The van der Waals surface area contributed by atoms with Crippen LogP contribution in [0.4, 0.5) is 0 Å². The predicted molar refractivity (Wildman–Crippen MR) is 82.3 cm³/mol. The van der Waals surface area contributed by atoms with Crippen molar-refractivity contribution in [3.05, 3.63) is 63.0 Å². The van der Waals surface area contributed by atoms with E-state index in [-0.39, 0.29) is 10.8 Å². The molecule has 2 aromatic rings. The fourth-order valence-corrected chi connectivity index (χ4v) is 2.07. The van der Waals surface area contributed by atoms with E-state index in [0.29, 0.717) is 25.0 Å². The summed E-state index contributed by atoms with van der Waals surface area (Å²) in [5.41, 5.74) is 1.09. The summed E-state index contributed by atoms with van der Waals surface area (Å²) < 4.78 is 5.63. The van der Waals surface area contributed by atoms with E-state index in [4.69, 9.17) is 16.3 Å². The smallest absolute Gasteiger partial charge is 0.266 e. The fraction of sp³-hybridized carbons (Fsp3) is 0.250. The van der Waals surface area contributed by atoms with E-state index in [1.54, 1.807) is 0 Å². The SMILES string of the molecule is Cc1ccccc1OCCCC(=O)c1c[nH]c(=O)c(Cl)c1. The van der Waals surface area contributed by atoms with Gasteiger partial charge in [-0.3, -0.25) is 9.59 Å². The largest absolute Gasteiger partial charge is 0.493 e. The highest BCUT2D eigenvalue weighted by Gasteiger charge is 2.08. The predicted octanol–water partition coefficient (Wildman–Crippen LogP) is 3.38. The van der Waals surface area contributed by atoms with E-state index in [9.17, 15) is 9.59 Å². The Bertz CT molecular complexity index is 694. The minimum Gasteiger partial charge on any atom is -0.493 e. The second-order valence-electron chi connectivity index (χ2n) is 4.71. The highest BCUT2D eigenvalue weighted by molar-refractivity contribution is 6.30. The first-order valence-electron chi connectivity index (χ1n) is 6.68. The van der Waals surface area contributed by atoms with Crippen molar-refractivity contribution in [1.82, 2.24) is 4.98 Å². The fourth-order valence-electron chi connectivity index (χ4n) is 1.89. The average molecular weight is 306 g/mol. The zero-order chi connectivity index (χ0) is 15.2. The molecule has 1 aromatic carbocycles.